The number of nitrogens with zero attached hydrogens (tertiary/aromatic N) is 3. The highest BCUT2D eigenvalue weighted by Gasteiger charge is 2.24. The Labute approximate surface area is 145 Å². The molecule has 0 unspecified atom stereocenters. The molecule has 0 aliphatic carbocycles. The van der Waals surface area contributed by atoms with Crippen LogP contribution in [0.3, 0.4) is 0 Å². The summed E-state index contributed by atoms with van der Waals surface area (Å²) in [5.41, 5.74) is 0.773. The first-order valence-electron chi connectivity index (χ1n) is 8.22. The van der Waals surface area contributed by atoms with E-state index in [1.807, 2.05) is 35.4 Å². The van der Waals surface area contributed by atoms with Crippen LogP contribution >= 0.6 is 15.9 Å². The molecule has 1 aromatic heterocycles. The van der Waals surface area contributed by atoms with Crippen molar-refractivity contribution in [2.45, 2.75) is 32.7 Å². The molecule has 1 aromatic carbocycles. The Kier molecular flexibility index (Phi) is 5.16. The van der Waals surface area contributed by atoms with Crippen molar-refractivity contribution in [3.63, 3.8) is 0 Å². The third-order valence-electron chi connectivity index (χ3n) is 4.57. The zero-order valence-corrected chi connectivity index (χ0v) is 15.0. The number of aryl methyl sites for hydroxylation is 1. The predicted octanol–water partition coefficient (Wildman–Crippen LogP) is 3.76. The van der Waals surface area contributed by atoms with Gasteiger partial charge in [0, 0.05) is 48.5 Å². The molecule has 122 valence electrons. The smallest absolute Gasteiger partial charge is 0.253 e. The van der Waals surface area contributed by atoms with Crippen LogP contribution in [0.25, 0.3) is 0 Å². The van der Waals surface area contributed by atoms with Gasteiger partial charge in [-0.25, -0.2) is 4.98 Å². The Morgan fingerprint density at radius 1 is 1.26 bits per heavy atom. The average molecular weight is 376 g/mol. The highest BCUT2D eigenvalue weighted by molar-refractivity contribution is 9.10. The number of amides is 1. The number of halogens is 1. The molecule has 0 spiro atoms. The zero-order valence-electron chi connectivity index (χ0n) is 13.4. The molecule has 2 heterocycles. The number of rotatable bonds is 4. The van der Waals surface area contributed by atoms with Gasteiger partial charge in [0.05, 0.1) is 0 Å². The number of imidazole rings is 1. The molecular formula is C18H22BrN3O. The molecule has 1 fully saturated rings. The molecular weight excluding hydrogens is 354 g/mol. The molecule has 5 heteroatoms. The van der Waals surface area contributed by atoms with E-state index in [1.54, 1.807) is 0 Å². The fraction of sp³-hybridized carbons (Fsp3) is 0.444. The summed E-state index contributed by atoms with van der Waals surface area (Å²) in [5.74, 6) is 1.93. The lowest BCUT2D eigenvalue weighted by Gasteiger charge is -2.32. The molecule has 1 saturated heterocycles. The Morgan fingerprint density at radius 2 is 1.96 bits per heavy atom. The number of piperidine rings is 1. The molecule has 4 nitrogen and oxygen atoms in total. The number of benzene rings is 1. The fourth-order valence-electron chi connectivity index (χ4n) is 3.19. The number of aromatic nitrogens is 2. The van der Waals surface area contributed by atoms with E-state index in [-0.39, 0.29) is 5.91 Å². The van der Waals surface area contributed by atoms with Crippen LogP contribution in [-0.4, -0.2) is 33.4 Å². The van der Waals surface area contributed by atoms with Crippen molar-refractivity contribution in [1.82, 2.24) is 14.5 Å². The van der Waals surface area contributed by atoms with Crippen LogP contribution in [0.5, 0.6) is 0 Å². The van der Waals surface area contributed by atoms with Crippen molar-refractivity contribution in [2.24, 2.45) is 5.92 Å². The van der Waals surface area contributed by atoms with Crippen molar-refractivity contribution in [2.75, 3.05) is 13.1 Å². The molecule has 3 rings (SSSR count). The molecule has 1 aliphatic rings. The van der Waals surface area contributed by atoms with E-state index in [9.17, 15) is 4.79 Å². The van der Waals surface area contributed by atoms with E-state index in [1.165, 1.54) is 0 Å². The summed E-state index contributed by atoms with van der Waals surface area (Å²) in [6.45, 7) is 4.84. The molecule has 0 saturated carbocycles. The maximum atomic E-state index is 12.5. The predicted molar refractivity (Wildman–Crippen MR) is 94.4 cm³/mol. The summed E-state index contributed by atoms with van der Waals surface area (Å²) in [7, 11) is 0. The SMILES string of the molecule is CCc1nccn1CC1CCN(C(=O)c2ccc(Br)cc2)CC1. The van der Waals surface area contributed by atoms with E-state index < -0.39 is 0 Å². The van der Waals surface area contributed by atoms with Gasteiger partial charge >= 0.3 is 0 Å². The standard InChI is InChI=1S/C18H22BrN3O/c1-2-17-20-9-12-22(17)13-14-7-10-21(11-8-14)18(23)15-3-5-16(19)6-4-15/h3-6,9,12,14H,2,7-8,10-11,13H2,1H3. The van der Waals surface area contributed by atoms with Crippen molar-refractivity contribution in [3.05, 3.63) is 52.5 Å². The number of hydrogen-bond acceptors (Lipinski definition) is 2. The second-order valence-corrected chi connectivity index (χ2v) is 7.01. The minimum atomic E-state index is 0.146. The molecule has 1 aliphatic heterocycles. The molecule has 1 amide bonds. The summed E-state index contributed by atoms with van der Waals surface area (Å²) in [6, 6.07) is 7.62. The maximum Gasteiger partial charge on any atom is 0.253 e. The quantitative estimate of drug-likeness (QED) is 0.815. The van der Waals surface area contributed by atoms with Gasteiger partial charge in [-0.3, -0.25) is 4.79 Å². The summed E-state index contributed by atoms with van der Waals surface area (Å²) >= 11 is 3.41. The fourth-order valence-corrected chi connectivity index (χ4v) is 3.46. The van der Waals surface area contributed by atoms with E-state index in [4.69, 9.17) is 0 Å². The second kappa shape index (κ2) is 7.30. The van der Waals surface area contributed by atoms with Gasteiger partial charge in [0.15, 0.2) is 0 Å². The summed E-state index contributed by atoms with van der Waals surface area (Å²) in [6.07, 6.45) is 7.03. The number of carbonyl (C=O) groups excluding carboxylic acids is 1. The lowest BCUT2D eigenvalue weighted by molar-refractivity contribution is 0.0682. The summed E-state index contributed by atoms with van der Waals surface area (Å²) in [5, 5.41) is 0. The molecule has 0 radical (unpaired) electrons. The average Bonchev–Trinajstić information content (AvgIpc) is 3.03. The van der Waals surface area contributed by atoms with E-state index >= 15 is 0 Å². The van der Waals surface area contributed by atoms with Gasteiger partial charge in [-0.15, -0.1) is 0 Å². The van der Waals surface area contributed by atoms with Crippen LogP contribution in [-0.2, 0) is 13.0 Å². The first-order valence-corrected chi connectivity index (χ1v) is 9.01. The lowest BCUT2D eigenvalue weighted by atomic mass is 9.96. The van der Waals surface area contributed by atoms with Gasteiger partial charge in [0.2, 0.25) is 0 Å². The first-order chi connectivity index (χ1) is 11.2. The van der Waals surface area contributed by atoms with E-state index in [0.717, 1.165) is 54.8 Å². The zero-order chi connectivity index (χ0) is 16.2. The number of carbonyl (C=O) groups is 1. The topological polar surface area (TPSA) is 38.1 Å². The molecule has 2 aromatic rings. The first kappa shape index (κ1) is 16.2. The minimum Gasteiger partial charge on any atom is -0.339 e. The second-order valence-electron chi connectivity index (χ2n) is 6.09. The normalized spacial score (nSPS) is 15.8. The highest BCUT2D eigenvalue weighted by atomic mass is 79.9. The highest BCUT2D eigenvalue weighted by Crippen LogP contribution is 2.22. The van der Waals surface area contributed by atoms with Crippen LogP contribution in [0, 0.1) is 5.92 Å². The van der Waals surface area contributed by atoms with Crippen molar-refractivity contribution >= 4 is 21.8 Å². The third-order valence-corrected chi connectivity index (χ3v) is 5.09. The summed E-state index contributed by atoms with van der Waals surface area (Å²) in [4.78, 5) is 18.9. The van der Waals surface area contributed by atoms with Gasteiger partial charge < -0.3 is 9.47 Å². The van der Waals surface area contributed by atoms with Gasteiger partial charge in [-0.05, 0) is 43.0 Å². The number of likely N-dealkylation sites (tertiary alicyclic amines) is 1. The van der Waals surface area contributed by atoms with Crippen molar-refractivity contribution in [1.29, 1.82) is 0 Å². The Bertz CT molecular complexity index is 657. The third kappa shape index (κ3) is 3.83. The van der Waals surface area contributed by atoms with Crippen molar-refractivity contribution < 1.29 is 4.79 Å². The lowest BCUT2D eigenvalue weighted by Crippen LogP contribution is -2.39. The molecule has 0 bridgehead atoms. The van der Waals surface area contributed by atoms with Crippen LogP contribution in [0.15, 0.2) is 41.1 Å². The molecule has 0 N–H and O–H groups in total. The largest absolute Gasteiger partial charge is 0.339 e. The van der Waals surface area contributed by atoms with Crippen LogP contribution in [0.1, 0.15) is 35.9 Å². The van der Waals surface area contributed by atoms with Crippen LogP contribution < -0.4 is 0 Å². The minimum absolute atomic E-state index is 0.146. The van der Waals surface area contributed by atoms with Gasteiger partial charge in [-0.1, -0.05) is 22.9 Å². The Balaban J connectivity index is 1.56. The van der Waals surface area contributed by atoms with E-state index in [2.05, 4.69) is 38.6 Å². The monoisotopic (exact) mass is 375 g/mol. The van der Waals surface area contributed by atoms with Gasteiger partial charge in [0.25, 0.3) is 5.91 Å². The van der Waals surface area contributed by atoms with Crippen molar-refractivity contribution in [3.8, 4) is 0 Å². The molecule has 23 heavy (non-hydrogen) atoms. The Hall–Kier alpha value is -1.62. The van der Waals surface area contributed by atoms with Crippen LogP contribution in [0.2, 0.25) is 0 Å². The maximum absolute atomic E-state index is 12.5. The van der Waals surface area contributed by atoms with Crippen LogP contribution in [0.4, 0.5) is 0 Å². The molecule has 0 atom stereocenters. The van der Waals surface area contributed by atoms with Gasteiger partial charge in [0.1, 0.15) is 5.82 Å². The van der Waals surface area contributed by atoms with E-state index in [0.29, 0.717) is 5.92 Å². The number of hydrogen-bond donors (Lipinski definition) is 0. The van der Waals surface area contributed by atoms with Gasteiger partial charge in [-0.2, -0.15) is 0 Å². The Morgan fingerprint density at radius 3 is 2.61 bits per heavy atom. The summed E-state index contributed by atoms with van der Waals surface area (Å²) < 4.78 is 3.26.